The number of nitriles is 1. The van der Waals surface area contributed by atoms with Gasteiger partial charge in [-0.05, 0) is 54.2 Å². The fourth-order valence-corrected chi connectivity index (χ4v) is 4.23. The number of rotatable bonds is 8. The summed E-state index contributed by atoms with van der Waals surface area (Å²) in [5.74, 6) is 0.873. The second kappa shape index (κ2) is 10.8. The zero-order valence-electron chi connectivity index (χ0n) is 20.3. The molecule has 4 rings (SSSR count). The molecule has 0 saturated carbocycles. The first-order chi connectivity index (χ1) is 17.0. The largest absolute Gasteiger partial charge is 0.494 e. The van der Waals surface area contributed by atoms with E-state index in [2.05, 4.69) is 29.0 Å². The van der Waals surface area contributed by atoms with Crippen LogP contribution in [0.4, 0.5) is 0 Å². The van der Waals surface area contributed by atoms with Gasteiger partial charge in [-0.2, -0.15) is 5.26 Å². The number of pyridine rings is 1. The molecule has 0 unspecified atom stereocenters. The Kier molecular flexibility index (Phi) is 7.37. The van der Waals surface area contributed by atoms with E-state index in [4.69, 9.17) is 4.74 Å². The number of hydrogen-bond donors (Lipinski definition) is 0. The summed E-state index contributed by atoms with van der Waals surface area (Å²) in [4.78, 5) is 22.4. The van der Waals surface area contributed by atoms with Crippen LogP contribution in [0.1, 0.15) is 47.7 Å². The SMILES string of the molecule is CCCCc1cc(C)n(-c2ncc(OC)cn2)c(=O)c1Cc1ccc(-c2ccccc2C#N)cc1. The topological polar surface area (TPSA) is 80.8 Å². The molecule has 2 aromatic heterocycles. The average molecular weight is 465 g/mol. The zero-order chi connectivity index (χ0) is 24.8. The molecule has 2 aromatic carbocycles. The molecular formula is C29H28N4O2. The van der Waals surface area contributed by atoms with Crippen molar-refractivity contribution in [3.8, 4) is 28.9 Å². The Morgan fingerprint density at radius 1 is 1.06 bits per heavy atom. The van der Waals surface area contributed by atoms with Crippen molar-refractivity contribution >= 4 is 0 Å². The predicted molar refractivity (Wildman–Crippen MR) is 137 cm³/mol. The number of nitrogens with zero attached hydrogens (tertiary/aromatic N) is 4. The highest BCUT2D eigenvalue weighted by molar-refractivity contribution is 5.70. The van der Waals surface area contributed by atoms with Crippen LogP contribution in [0, 0.1) is 18.3 Å². The Morgan fingerprint density at radius 2 is 1.77 bits per heavy atom. The van der Waals surface area contributed by atoms with Gasteiger partial charge >= 0.3 is 0 Å². The summed E-state index contributed by atoms with van der Waals surface area (Å²) in [6.07, 6.45) is 6.55. The van der Waals surface area contributed by atoms with Crippen LogP contribution in [-0.4, -0.2) is 21.6 Å². The maximum atomic E-state index is 13.7. The van der Waals surface area contributed by atoms with Crippen LogP contribution in [0.5, 0.6) is 5.75 Å². The lowest BCUT2D eigenvalue weighted by atomic mass is 9.95. The maximum Gasteiger partial charge on any atom is 0.261 e. The molecule has 0 spiro atoms. The molecule has 0 aliphatic heterocycles. The van der Waals surface area contributed by atoms with Crippen molar-refractivity contribution in [1.82, 2.24) is 14.5 Å². The number of unbranched alkanes of at least 4 members (excludes halogenated alkanes) is 1. The minimum Gasteiger partial charge on any atom is -0.494 e. The van der Waals surface area contributed by atoms with Crippen molar-refractivity contribution in [1.29, 1.82) is 5.26 Å². The summed E-state index contributed by atoms with van der Waals surface area (Å²) in [6.45, 7) is 4.06. The monoisotopic (exact) mass is 464 g/mol. The maximum absolute atomic E-state index is 13.7. The Balaban J connectivity index is 1.73. The summed E-state index contributed by atoms with van der Waals surface area (Å²) in [5.41, 5.74) is 6.09. The van der Waals surface area contributed by atoms with E-state index in [1.807, 2.05) is 55.5 Å². The standard InChI is InChI=1S/C29H28N4O2/c1-4-5-8-23-15-20(2)33(29-31-18-25(35-3)19-32-29)28(34)27(23)16-21-11-13-22(14-12-21)26-10-7-6-9-24(26)17-30/h6-7,9-15,18-19H,4-5,8,16H2,1-3H3. The van der Waals surface area contributed by atoms with E-state index >= 15 is 0 Å². The molecule has 0 saturated heterocycles. The van der Waals surface area contributed by atoms with Crippen LogP contribution < -0.4 is 10.3 Å². The average Bonchev–Trinajstić information content (AvgIpc) is 2.90. The van der Waals surface area contributed by atoms with Crippen LogP contribution in [0.2, 0.25) is 0 Å². The Hall–Kier alpha value is -4.24. The van der Waals surface area contributed by atoms with E-state index in [0.29, 0.717) is 23.7 Å². The van der Waals surface area contributed by atoms with Gasteiger partial charge in [0, 0.05) is 17.7 Å². The van der Waals surface area contributed by atoms with Crippen LogP contribution in [-0.2, 0) is 12.8 Å². The molecule has 0 bridgehead atoms. The third-order valence-corrected chi connectivity index (χ3v) is 6.13. The first-order valence-corrected chi connectivity index (χ1v) is 11.7. The van der Waals surface area contributed by atoms with Crippen LogP contribution in [0.25, 0.3) is 17.1 Å². The van der Waals surface area contributed by atoms with Gasteiger partial charge in [0.15, 0.2) is 5.75 Å². The number of methoxy groups -OCH3 is 1. The van der Waals surface area contributed by atoms with Gasteiger partial charge in [0.05, 0.1) is 31.1 Å². The lowest BCUT2D eigenvalue weighted by molar-refractivity contribution is 0.410. The molecule has 6 nitrogen and oxygen atoms in total. The quantitative estimate of drug-likeness (QED) is 0.348. The Labute approximate surface area is 205 Å². The van der Waals surface area contributed by atoms with E-state index in [1.165, 1.54) is 0 Å². The van der Waals surface area contributed by atoms with Crippen LogP contribution >= 0.6 is 0 Å². The number of aromatic nitrogens is 3. The second-order valence-corrected chi connectivity index (χ2v) is 8.49. The van der Waals surface area contributed by atoms with Gasteiger partial charge in [0.1, 0.15) is 0 Å². The zero-order valence-corrected chi connectivity index (χ0v) is 20.3. The van der Waals surface area contributed by atoms with Gasteiger partial charge in [0.2, 0.25) is 5.95 Å². The number of hydrogen-bond acceptors (Lipinski definition) is 5. The van der Waals surface area contributed by atoms with Crippen molar-refractivity contribution in [2.24, 2.45) is 0 Å². The molecule has 0 amide bonds. The number of ether oxygens (including phenoxy) is 1. The van der Waals surface area contributed by atoms with Crippen LogP contribution in [0.15, 0.2) is 71.8 Å². The molecule has 0 N–H and O–H groups in total. The fourth-order valence-electron chi connectivity index (χ4n) is 4.23. The van der Waals surface area contributed by atoms with Gasteiger partial charge in [0.25, 0.3) is 5.56 Å². The van der Waals surface area contributed by atoms with Gasteiger partial charge in [-0.3, -0.25) is 4.79 Å². The molecular weight excluding hydrogens is 436 g/mol. The smallest absolute Gasteiger partial charge is 0.261 e. The second-order valence-electron chi connectivity index (χ2n) is 8.49. The third-order valence-electron chi connectivity index (χ3n) is 6.13. The van der Waals surface area contributed by atoms with Gasteiger partial charge in [-0.1, -0.05) is 55.8 Å². The highest BCUT2D eigenvalue weighted by atomic mass is 16.5. The summed E-state index contributed by atoms with van der Waals surface area (Å²) in [6, 6.07) is 20.0. The van der Waals surface area contributed by atoms with E-state index in [-0.39, 0.29) is 5.56 Å². The van der Waals surface area contributed by atoms with Gasteiger partial charge in [-0.25, -0.2) is 14.5 Å². The Bertz CT molecular complexity index is 1420. The van der Waals surface area contributed by atoms with E-state index in [9.17, 15) is 10.1 Å². The summed E-state index contributed by atoms with van der Waals surface area (Å²) in [7, 11) is 1.56. The summed E-state index contributed by atoms with van der Waals surface area (Å²) in [5, 5.41) is 9.43. The highest BCUT2D eigenvalue weighted by Crippen LogP contribution is 2.25. The molecule has 4 aromatic rings. The van der Waals surface area contributed by atoms with Crippen molar-refractivity contribution < 1.29 is 4.74 Å². The van der Waals surface area contributed by atoms with Crippen molar-refractivity contribution in [3.05, 3.63) is 105 Å². The van der Waals surface area contributed by atoms with Crippen LogP contribution in [0.3, 0.4) is 0 Å². The highest BCUT2D eigenvalue weighted by Gasteiger charge is 2.16. The molecule has 0 fully saturated rings. The predicted octanol–water partition coefficient (Wildman–Crippen LogP) is 5.42. The lowest BCUT2D eigenvalue weighted by Gasteiger charge is -2.16. The molecule has 35 heavy (non-hydrogen) atoms. The number of aryl methyl sites for hydroxylation is 2. The normalized spacial score (nSPS) is 10.7. The van der Waals surface area contributed by atoms with Crippen molar-refractivity contribution in [2.75, 3.05) is 7.11 Å². The minimum absolute atomic E-state index is 0.0971. The number of benzene rings is 2. The van der Waals surface area contributed by atoms with Crippen molar-refractivity contribution in [3.63, 3.8) is 0 Å². The molecule has 0 radical (unpaired) electrons. The first kappa shape index (κ1) is 23.9. The molecule has 0 aliphatic rings. The third kappa shape index (κ3) is 5.15. The Morgan fingerprint density at radius 3 is 2.43 bits per heavy atom. The summed E-state index contributed by atoms with van der Waals surface area (Å²) < 4.78 is 6.73. The summed E-state index contributed by atoms with van der Waals surface area (Å²) >= 11 is 0. The fraction of sp³-hybridized carbons (Fsp3) is 0.241. The van der Waals surface area contributed by atoms with E-state index in [1.54, 1.807) is 24.1 Å². The van der Waals surface area contributed by atoms with E-state index in [0.717, 1.165) is 52.8 Å². The molecule has 2 heterocycles. The molecule has 0 atom stereocenters. The van der Waals surface area contributed by atoms with Gasteiger partial charge < -0.3 is 4.74 Å². The molecule has 0 aliphatic carbocycles. The lowest BCUT2D eigenvalue weighted by Crippen LogP contribution is -2.27. The van der Waals surface area contributed by atoms with Gasteiger partial charge in [-0.15, -0.1) is 0 Å². The molecule has 176 valence electrons. The molecule has 6 heteroatoms. The van der Waals surface area contributed by atoms with E-state index < -0.39 is 0 Å². The minimum atomic E-state index is -0.0971. The first-order valence-electron chi connectivity index (χ1n) is 11.7. The van der Waals surface area contributed by atoms with Crippen molar-refractivity contribution in [2.45, 2.75) is 39.5 Å².